The first kappa shape index (κ1) is 16.2. The van der Waals surface area contributed by atoms with Crippen LogP contribution in [0.15, 0.2) is 5.38 Å². The maximum Gasteiger partial charge on any atom is 0.406 e. The topological polar surface area (TPSA) is 82.5 Å². The molecule has 0 spiro atoms. The number of carboxylic acid groups (broad SMARTS) is 1. The van der Waals surface area contributed by atoms with Crippen molar-refractivity contribution in [2.75, 3.05) is 13.1 Å². The second-order valence-electron chi connectivity index (χ2n) is 3.91. The van der Waals surface area contributed by atoms with Crippen molar-refractivity contribution >= 4 is 23.3 Å². The molecular formula is C10H12F3N3O3S. The van der Waals surface area contributed by atoms with Crippen molar-refractivity contribution in [3.05, 3.63) is 16.1 Å². The Kier molecular flexibility index (Phi) is 5.31. The van der Waals surface area contributed by atoms with E-state index in [1.807, 2.05) is 0 Å². The number of aromatic nitrogens is 1. The van der Waals surface area contributed by atoms with Crippen molar-refractivity contribution in [1.29, 1.82) is 0 Å². The number of halogens is 3. The highest BCUT2D eigenvalue weighted by Gasteiger charge is 2.33. The smallest absolute Gasteiger partial charge is 0.406 e. The van der Waals surface area contributed by atoms with Crippen LogP contribution < -0.4 is 5.32 Å². The van der Waals surface area contributed by atoms with Gasteiger partial charge in [-0.15, -0.1) is 11.3 Å². The fourth-order valence-electron chi connectivity index (χ4n) is 1.33. The number of hydrogen-bond acceptors (Lipinski definition) is 4. The Morgan fingerprint density at radius 2 is 2.15 bits per heavy atom. The fraction of sp³-hybridized carbons (Fsp3) is 0.500. The second-order valence-corrected chi connectivity index (χ2v) is 4.85. The normalized spacial score (nSPS) is 11.2. The minimum Gasteiger partial charge on any atom is -0.480 e. The van der Waals surface area contributed by atoms with E-state index in [1.54, 1.807) is 12.3 Å². The zero-order chi connectivity index (χ0) is 15.3. The SMILES string of the molecule is Cc1csc(CNC(=O)N(CC(=O)O)CC(F)(F)F)n1. The van der Waals surface area contributed by atoms with Gasteiger partial charge < -0.3 is 15.3 Å². The lowest BCUT2D eigenvalue weighted by molar-refractivity contribution is -0.148. The van der Waals surface area contributed by atoms with E-state index in [9.17, 15) is 22.8 Å². The first-order valence-corrected chi connectivity index (χ1v) is 6.27. The first-order valence-electron chi connectivity index (χ1n) is 5.39. The molecule has 2 N–H and O–H groups in total. The van der Waals surface area contributed by atoms with Crippen LogP contribution in [0, 0.1) is 6.92 Å². The highest BCUT2D eigenvalue weighted by molar-refractivity contribution is 7.09. The molecule has 6 nitrogen and oxygen atoms in total. The summed E-state index contributed by atoms with van der Waals surface area (Å²) in [4.78, 5) is 26.3. The largest absolute Gasteiger partial charge is 0.480 e. The molecular weight excluding hydrogens is 299 g/mol. The predicted molar refractivity (Wildman–Crippen MR) is 64.4 cm³/mol. The number of aliphatic carboxylic acids is 1. The molecule has 0 atom stereocenters. The van der Waals surface area contributed by atoms with Crippen LogP contribution in [0.2, 0.25) is 0 Å². The average Bonchev–Trinajstić information content (AvgIpc) is 2.68. The van der Waals surface area contributed by atoms with Gasteiger partial charge in [0, 0.05) is 11.1 Å². The number of nitrogens with zero attached hydrogens (tertiary/aromatic N) is 2. The van der Waals surface area contributed by atoms with Crippen molar-refractivity contribution in [3.8, 4) is 0 Å². The number of carbonyl (C=O) groups is 2. The van der Waals surface area contributed by atoms with Crippen LogP contribution in [-0.4, -0.2) is 46.3 Å². The average molecular weight is 311 g/mol. The summed E-state index contributed by atoms with van der Waals surface area (Å²) in [5, 5.41) is 13.0. The highest BCUT2D eigenvalue weighted by atomic mass is 32.1. The van der Waals surface area contributed by atoms with Gasteiger partial charge >= 0.3 is 18.2 Å². The number of rotatable bonds is 5. The molecule has 0 bridgehead atoms. The Morgan fingerprint density at radius 3 is 2.60 bits per heavy atom. The minimum absolute atomic E-state index is 0.0503. The van der Waals surface area contributed by atoms with Crippen molar-refractivity contribution in [1.82, 2.24) is 15.2 Å². The Morgan fingerprint density at radius 1 is 1.50 bits per heavy atom. The van der Waals surface area contributed by atoms with Gasteiger partial charge in [-0.1, -0.05) is 0 Å². The first-order chi connectivity index (χ1) is 9.17. The maximum absolute atomic E-state index is 12.3. The molecule has 0 aromatic carbocycles. The van der Waals surface area contributed by atoms with E-state index in [1.165, 1.54) is 11.3 Å². The van der Waals surface area contributed by atoms with Crippen LogP contribution in [0.4, 0.5) is 18.0 Å². The fourth-order valence-corrected chi connectivity index (χ4v) is 2.04. The summed E-state index contributed by atoms with van der Waals surface area (Å²) in [6.07, 6.45) is -4.66. The van der Waals surface area contributed by atoms with Crippen molar-refractivity contribution in [2.45, 2.75) is 19.6 Å². The molecule has 0 aliphatic carbocycles. The lowest BCUT2D eigenvalue weighted by Gasteiger charge is -2.22. The molecule has 112 valence electrons. The number of aryl methyl sites for hydroxylation is 1. The third kappa shape index (κ3) is 5.87. The van der Waals surface area contributed by atoms with Crippen LogP contribution in [0.5, 0.6) is 0 Å². The molecule has 10 heteroatoms. The van der Waals surface area contributed by atoms with E-state index in [2.05, 4.69) is 10.3 Å². The zero-order valence-corrected chi connectivity index (χ0v) is 11.2. The van der Waals surface area contributed by atoms with Gasteiger partial charge in [-0.25, -0.2) is 9.78 Å². The van der Waals surface area contributed by atoms with Gasteiger partial charge in [0.05, 0.1) is 6.54 Å². The van der Waals surface area contributed by atoms with E-state index in [-0.39, 0.29) is 11.4 Å². The van der Waals surface area contributed by atoms with Gasteiger partial charge in [0.15, 0.2) is 0 Å². The molecule has 1 aromatic rings. The van der Waals surface area contributed by atoms with Gasteiger partial charge in [-0.05, 0) is 6.92 Å². The van der Waals surface area contributed by atoms with Crippen LogP contribution in [0.25, 0.3) is 0 Å². The molecule has 1 aromatic heterocycles. The van der Waals surface area contributed by atoms with Gasteiger partial charge in [0.25, 0.3) is 0 Å². The molecule has 0 aliphatic rings. The van der Waals surface area contributed by atoms with Gasteiger partial charge in [-0.2, -0.15) is 13.2 Å². The molecule has 0 saturated carbocycles. The minimum atomic E-state index is -4.66. The quantitative estimate of drug-likeness (QED) is 0.865. The van der Waals surface area contributed by atoms with Crippen LogP contribution >= 0.6 is 11.3 Å². The number of amides is 2. The number of carboxylic acids is 1. The number of nitrogens with one attached hydrogen (secondary N) is 1. The Balaban J connectivity index is 2.60. The van der Waals surface area contributed by atoms with E-state index < -0.39 is 31.3 Å². The molecule has 20 heavy (non-hydrogen) atoms. The molecule has 0 radical (unpaired) electrons. The standard InChI is InChI=1S/C10H12F3N3O3S/c1-6-4-20-7(15-6)2-14-9(19)16(3-8(17)18)5-10(11,12)13/h4H,2-3,5H2,1H3,(H,14,19)(H,17,18). The summed E-state index contributed by atoms with van der Waals surface area (Å²) in [6, 6.07) is -1.10. The third-order valence-corrected chi connectivity index (χ3v) is 3.01. The Labute approximate surface area is 116 Å². The second kappa shape index (κ2) is 6.55. The Bertz CT molecular complexity index is 490. The molecule has 0 fully saturated rings. The van der Waals surface area contributed by atoms with Gasteiger partial charge in [0.2, 0.25) is 0 Å². The molecule has 0 unspecified atom stereocenters. The van der Waals surface area contributed by atoms with E-state index in [0.29, 0.717) is 5.01 Å². The number of alkyl halides is 3. The lowest BCUT2D eigenvalue weighted by Crippen LogP contribution is -2.46. The van der Waals surface area contributed by atoms with E-state index in [4.69, 9.17) is 5.11 Å². The van der Waals surface area contributed by atoms with Crippen molar-refractivity contribution in [2.24, 2.45) is 0 Å². The number of carbonyl (C=O) groups excluding carboxylic acids is 1. The van der Waals surface area contributed by atoms with Crippen LogP contribution in [-0.2, 0) is 11.3 Å². The Hall–Kier alpha value is -1.84. The molecule has 2 amide bonds. The summed E-state index contributed by atoms with van der Waals surface area (Å²) < 4.78 is 36.8. The molecule has 1 heterocycles. The lowest BCUT2D eigenvalue weighted by atomic mass is 10.4. The summed E-state index contributed by atoms with van der Waals surface area (Å²) >= 11 is 1.25. The summed E-state index contributed by atoms with van der Waals surface area (Å²) in [7, 11) is 0. The van der Waals surface area contributed by atoms with Gasteiger partial charge in [-0.3, -0.25) is 4.79 Å². The molecule has 1 rings (SSSR count). The highest BCUT2D eigenvalue weighted by Crippen LogP contribution is 2.16. The van der Waals surface area contributed by atoms with E-state index in [0.717, 1.165) is 5.69 Å². The number of urea groups is 1. The van der Waals surface area contributed by atoms with Crippen molar-refractivity contribution < 1.29 is 27.9 Å². The summed E-state index contributed by atoms with van der Waals surface area (Å²) in [6.45, 7) is -0.961. The number of thiazole rings is 1. The van der Waals surface area contributed by atoms with Crippen LogP contribution in [0.3, 0.4) is 0 Å². The predicted octanol–water partition coefficient (Wildman–Crippen LogP) is 1.61. The maximum atomic E-state index is 12.3. The summed E-state index contributed by atoms with van der Waals surface area (Å²) in [5.41, 5.74) is 0.733. The monoisotopic (exact) mass is 311 g/mol. The van der Waals surface area contributed by atoms with Crippen LogP contribution in [0.1, 0.15) is 10.7 Å². The van der Waals surface area contributed by atoms with Gasteiger partial charge in [0.1, 0.15) is 18.1 Å². The number of hydrogen-bond donors (Lipinski definition) is 2. The molecule has 0 saturated heterocycles. The molecule has 0 aliphatic heterocycles. The van der Waals surface area contributed by atoms with Crippen molar-refractivity contribution in [3.63, 3.8) is 0 Å². The van der Waals surface area contributed by atoms with E-state index >= 15 is 0 Å². The summed E-state index contributed by atoms with van der Waals surface area (Å²) in [5.74, 6) is -1.52. The zero-order valence-electron chi connectivity index (χ0n) is 10.4. The third-order valence-electron chi connectivity index (χ3n) is 2.04.